The average Bonchev–Trinajstić information content (AvgIpc) is 2.31. The minimum atomic E-state index is -0.0236. The summed E-state index contributed by atoms with van der Waals surface area (Å²) in [6.45, 7) is 4.36. The van der Waals surface area contributed by atoms with Crippen LogP contribution in [0.4, 0.5) is 0 Å². The molecule has 1 rings (SSSR count). The van der Waals surface area contributed by atoms with E-state index in [1.165, 1.54) is 5.06 Å². The summed E-state index contributed by atoms with van der Waals surface area (Å²) in [5, 5.41) is 1.39. The normalized spacial score (nSPS) is 26.4. The van der Waals surface area contributed by atoms with E-state index in [1.807, 2.05) is 13.8 Å². The molecule has 0 radical (unpaired) electrons. The molecule has 1 saturated heterocycles. The van der Waals surface area contributed by atoms with Crippen molar-refractivity contribution >= 4 is 5.91 Å². The van der Waals surface area contributed by atoms with Crippen molar-refractivity contribution in [2.75, 3.05) is 6.54 Å². The Morgan fingerprint density at radius 1 is 1.83 bits per heavy atom. The van der Waals surface area contributed by atoms with Gasteiger partial charge in [0.15, 0.2) is 0 Å². The number of hydroxylamine groups is 2. The van der Waals surface area contributed by atoms with Gasteiger partial charge in [-0.05, 0) is 13.3 Å². The van der Waals surface area contributed by atoms with E-state index >= 15 is 0 Å². The van der Waals surface area contributed by atoms with Crippen LogP contribution >= 0.6 is 0 Å². The standard InChI is InChI=1S/C8H16N2O2/c1-3-7-4-8(11)10(12-7)5-6(2)9/h6-7H,3-5,9H2,1-2H3. The highest BCUT2D eigenvalue weighted by Crippen LogP contribution is 2.17. The third-order valence-electron chi connectivity index (χ3n) is 1.87. The lowest BCUT2D eigenvalue weighted by atomic mass is 10.2. The molecule has 70 valence electrons. The Labute approximate surface area is 72.6 Å². The van der Waals surface area contributed by atoms with Crippen molar-refractivity contribution in [2.24, 2.45) is 5.73 Å². The van der Waals surface area contributed by atoms with Crippen molar-refractivity contribution in [3.8, 4) is 0 Å². The zero-order valence-electron chi connectivity index (χ0n) is 7.62. The van der Waals surface area contributed by atoms with E-state index in [1.54, 1.807) is 0 Å². The Balaban J connectivity index is 2.41. The lowest BCUT2D eigenvalue weighted by Crippen LogP contribution is -2.35. The molecule has 2 unspecified atom stereocenters. The third kappa shape index (κ3) is 2.19. The Bertz CT molecular complexity index is 170. The average molecular weight is 172 g/mol. The maximum atomic E-state index is 11.2. The fraction of sp³-hybridized carbons (Fsp3) is 0.875. The predicted molar refractivity (Wildman–Crippen MR) is 45.1 cm³/mol. The quantitative estimate of drug-likeness (QED) is 0.665. The van der Waals surface area contributed by atoms with Gasteiger partial charge in [0.25, 0.3) is 0 Å². The Morgan fingerprint density at radius 2 is 2.50 bits per heavy atom. The van der Waals surface area contributed by atoms with Crippen molar-refractivity contribution in [1.29, 1.82) is 0 Å². The number of nitrogens with zero attached hydrogens (tertiary/aromatic N) is 1. The second-order valence-corrected chi connectivity index (χ2v) is 3.27. The Hall–Kier alpha value is -0.610. The maximum absolute atomic E-state index is 11.2. The fourth-order valence-corrected chi connectivity index (χ4v) is 1.20. The summed E-state index contributed by atoms with van der Waals surface area (Å²) in [6, 6.07) is -0.0236. The van der Waals surface area contributed by atoms with E-state index in [4.69, 9.17) is 10.6 Å². The van der Waals surface area contributed by atoms with Gasteiger partial charge in [-0.1, -0.05) is 6.92 Å². The zero-order chi connectivity index (χ0) is 9.14. The molecule has 12 heavy (non-hydrogen) atoms. The molecule has 0 bridgehead atoms. The molecule has 4 nitrogen and oxygen atoms in total. The van der Waals surface area contributed by atoms with Crippen molar-refractivity contribution < 1.29 is 9.63 Å². The number of amides is 1. The molecule has 1 fully saturated rings. The van der Waals surface area contributed by atoms with Crippen LogP contribution < -0.4 is 5.73 Å². The number of nitrogens with two attached hydrogens (primary N) is 1. The monoisotopic (exact) mass is 172 g/mol. The summed E-state index contributed by atoms with van der Waals surface area (Å²) in [6.07, 6.45) is 1.45. The summed E-state index contributed by atoms with van der Waals surface area (Å²) < 4.78 is 0. The number of carbonyl (C=O) groups excluding carboxylic acids is 1. The second kappa shape index (κ2) is 3.87. The molecule has 1 heterocycles. The number of rotatable bonds is 3. The van der Waals surface area contributed by atoms with Crippen molar-refractivity contribution in [2.45, 2.75) is 38.8 Å². The van der Waals surface area contributed by atoms with Crippen molar-refractivity contribution in [3.63, 3.8) is 0 Å². The summed E-state index contributed by atoms with van der Waals surface area (Å²) >= 11 is 0. The van der Waals surface area contributed by atoms with Crippen molar-refractivity contribution in [1.82, 2.24) is 5.06 Å². The highest BCUT2D eigenvalue weighted by atomic mass is 16.7. The van der Waals surface area contributed by atoms with Gasteiger partial charge in [0.2, 0.25) is 5.91 Å². The van der Waals surface area contributed by atoms with Crippen LogP contribution in [0, 0.1) is 0 Å². The molecule has 0 aliphatic carbocycles. The van der Waals surface area contributed by atoms with Crippen LogP contribution in [0.15, 0.2) is 0 Å². The van der Waals surface area contributed by atoms with Crippen LogP contribution in [-0.4, -0.2) is 29.7 Å². The summed E-state index contributed by atoms with van der Waals surface area (Å²) in [4.78, 5) is 16.6. The van der Waals surface area contributed by atoms with Crippen LogP contribution in [0.3, 0.4) is 0 Å². The molecule has 0 saturated carbocycles. The Kier molecular flexibility index (Phi) is 3.05. The highest BCUT2D eigenvalue weighted by Gasteiger charge is 2.29. The molecule has 1 aliphatic heterocycles. The lowest BCUT2D eigenvalue weighted by Gasteiger charge is -2.17. The van der Waals surface area contributed by atoms with Gasteiger partial charge in [0, 0.05) is 6.04 Å². The Morgan fingerprint density at radius 3 is 2.92 bits per heavy atom. The molecule has 2 N–H and O–H groups in total. The fourth-order valence-electron chi connectivity index (χ4n) is 1.20. The minimum Gasteiger partial charge on any atom is -0.326 e. The number of hydrogen-bond acceptors (Lipinski definition) is 3. The molecular formula is C8H16N2O2. The topological polar surface area (TPSA) is 55.6 Å². The van der Waals surface area contributed by atoms with Gasteiger partial charge in [0.1, 0.15) is 0 Å². The summed E-state index contributed by atoms with van der Waals surface area (Å²) in [7, 11) is 0. The van der Waals surface area contributed by atoms with Gasteiger partial charge in [-0.25, -0.2) is 5.06 Å². The van der Waals surface area contributed by atoms with Gasteiger partial charge < -0.3 is 5.73 Å². The van der Waals surface area contributed by atoms with E-state index in [2.05, 4.69) is 0 Å². The lowest BCUT2D eigenvalue weighted by molar-refractivity contribution is -0.173. The highest BCUT2D eigenvalue weighted by molar-refractivity contribution is 5.77. The van der Waals surface area contributed by atoms with Gasteiger partial charge in [-0.15, -0.1) is 0 Å². The number of hydrogen-bond donors (Lipinski definition) is 1. The molecule has 1 aliphatic rings. The van der Waals surface area contributed by atoms with E-state index in [9.17, 15) is 4.79 Å². The zero-order valence-corrected chi connectivity index (χ0v) is 7.62. The van der Waals surface area contributed by atoms with Crippen LogP contribution in [0.25, 0.3) is 0 Å². The van der Waals surface area contributed by atoms with Crippen LogP contribution in [0.5, 0.6) is 0 Å². The van der Waals surface area contributed by atoms with Crippen LogP contribution in [-0.2, 0) is 9.63 Å². The van der Waals surface area contributed by atoms with Crippen molar-refractivity contribution in [3.05, 3.63) is 0 Å². The third-order valence-corrected chi connectivity index (χ3v) is 1.87. The van der Waals surface area contributed by atoms with E-state index < -0.39 is 0 Å². The summed E-state index contributed by atoms with van der Waals surface area (Å²) in [5.74, 6) is 0.0548. The van der Waals surface area contributed by atoms with Gasteiger partial charge >= 0.3 is 0 Å². The molecule has 0 aromatic rings. The molecule has 4 heteroatoms. The molecule has 2 atom stereocenters. The van der Waals surface area contributed by atoms with Gasteiger partial charge in [-0.3, -0.25) is 9.63 Å². The SMILES string of the molecule is CCC1CC(=O)N(CC(C)N)O1. The summed E-state index contributed by atoms with van der Waals surface area (Å²) in [5.41, 5.74) is 5.55. The largest absolute Gasteiger partial charge is 0.326 e. The first-order valence-electron chi connectivity index (χ1n) is 4.36. The molecule has 1 amide bonds. The first kappa shape index (κ1) is 9.48. The van der Waals surface area contributed by atoms with E-state index in [-0.39, 0.29) is 18.1 Å². The molecular weight excluding hydrogens is 156 g/mol. The first-order valence-corrected chi connectivity index (χ1v) is 4.36. The maximum Gasteiger partial charge on any atom is 0.248 e. The minimum absolute atomic E-state index is 0.0236. The van der Waals surface area contributed by atoms with E-state index in [0.29, 0.717) is 13.0 Å². The van der Waals surface area contributed by atoms with Crippen LogP contribution in [0.1, 0.15) is 26.7 Å². The molecule has 0 aromatic carbocycles. The van der Waals surface area contributed by atoms with Crippen LogP contribution in [0.2, 0.25) is 0 Å². The predicted octanol–water partition coefficient (Wildman–Crippen LogP) is 0.276. The van der Waals surface area contributed by atoms with E-state index in [0.717, 1.165) is 6.42 Å². The second-order valence-electron chi connectivity index (χ2n) is 3.27. The molecule has 0 spiro atoms. The molecule has 0 aromatic heterocycles. The van der Waals surface area contributed by atoms with Gasteiger partial charge in [0.05, 0.1) is 19.1 Å². The first-order chi connectivity index (χ1) is 5.63. The smallest absolute Gasteiger partial charge is 0.248 e. The van der Waals surface area contributed by atoms with Gasteiger partial charge in [-0.2, -0.15) is 0 Å². The number of carbonyl (C=O) groups is 1.